The summed E-state index contributed by atoms with van der Waals surface area (Å²) in [5.74, 6) is 0.433. The molecule has 3 aliphatic rings. The van der Waals surface area contributed by atoms with Crippen LogP contribution in [0.3, 0.4) is 0 Å². The average molecular weight is 581 g/mol. The molecule has 6 rings (SSSR count). The summed E-state index contributed by atoms with van der Waals surface area (Å²) in [5, 5.41) is 16.1. The van der Waals surface area contributed by atoms with Gasteiger partial charge in [-0.2, -0.15) is 14.7 Å². The third kappa shape index (κ3) is 5.22. The summed E-state index contributed by atoms with van der Waals surface area (Å²) in [4.78, 5) is 17.0. The summed E-state index contributed by atoms with van der Waals surface area (Å²) in [6.45, 7) is 5.43. The fraction of sp³-hybridized carbons (Fsp3) is 0.519. The average Bonchev–Trinajstić information content (AvgIpc) is 3.56. The molecule has 11 nitrogen and oxygen atoms in total. The number of hydrogen-bond donors (Lipinski definition) is 0. The third-order valence-electron chi connectivity index (χ3n) is 7.95. The van der Waals surface area contributed by atoms with Crippen LogP contribution in [0.2, 0.25) is 0 Å². The van der Waals surface area contributed by atoms with E-state index < -0.39 is 15.6 Å². The Bertz CT molecular complexity index is 1590. The standard InChI is InChI=1S/C27H32N8O3S2/c1-2-40(36,37)34-18-27(19-34,9-10-28)35-16-20(15-29-35)24-25-23(8-14-39-25)31-26(32-24)30-21-5-3-4-11-33(17-21)22-6-12-38-13-7-22/h3,5,8,14-16,22H,2,4,6-7,9,11-13,17-19H2,1H3. The van der Waals surface area contributed by atoms with Gasteiger partial charge in [0.15, 0.2) is 0 Å². The molecule has 3 aliphatic heterocycles. The van der Waals surface area contributed by atoms with E-state index in [1.165, 1.54) is 4.31 Å². The Kier molecular flexibility index (Phi) is 7.54. The first-order valence-corrected chi connectivity index (χ1v) is 16.1. The van der Waals surface area contributed by atoms with Crippen molar-refractivity contribution >= 4 is 43.2 Å². The van der Waals surface area contributed by atoms with Gasteiger partial charge in [-0.1, -0.05) is 6.08 Å². The maximum absolute atomic E-state index is 12.4. The number of rotatable bonds is 7. The highest BCUT2D eigenvalue weighted by Gasteiger charge is 2.49. The van der Waals surface area contributed by atoms with Crippen LogP contribution in [-0.2, 0) is 20.3 Å². The first-order valence-electron chi connectivity index (χ1n) is 13.6. The van der Waals surface area contributed by atoms with Gasteiger partial charge in [-0.3, -0.25) is 9.58 Å². The molecular weight excluding hydrogens is 548 g/mol. The van der Waals surface area contributed by atoms with Crippen molar-refractivity contribution in [3.05, 3.63) is 36.0 Å². The number of sulfonamides is 1. The first-order chi connectivity index (χ1) is 19.4. The minimum Gasteiger partial charge on any atom is -0.381 e. The largest absolute Gasteiger partial charge is 0.381 e. The lowest BCUT2D eigenvalue weighted by Gasteiger charge is -2.47. The van der Waals surface area contributed by atoms with Crippen molar-refractivity contribution in [2.75, 3.05) is 45.1 Å². The van der Waals surface area contributed by atoms with E-state index in [-0.39, 0.29) is 25.3 Å². The topological polar surface area (TPSA) is 130 Å². The van der Waals surface area contributed by atoms with Crippen molar-refractivity contribution in [3.8, 4) is 17.3 Å². The van der Waals surface area contributed by atoms with Crippen LogP contribution >= 0.6 is 11.3 Å². The number of nitrogens with zero attached hydrogens (tertiary/aromatic N) is 8. The lowest BCUT2D eigenvalue weighted by atomic mass is 9.89. The summed E-state index contributed by atoms with van der Waals surface area (Å²) in [6.07, 6.45) is 11.1. The zero-order chi connectivity index (χ0) is 27.7. The van der Waals surface area contributed by atoms with Crippen LogP contribution in [0.1, 0.15) is 32.6 Å². The predicted molar refractivity (Wildman–Crippen MR) is 154 cm³/mol. The van der Waals surface area contributed by atoms with Crippen molar-refractivity contribution in [1.82, 2.24) is 29.0 Å². The number of ether oxygens (including phenoxy) is 1. The second-order valence-electron chi connectivity index (χ2n) is 10.5. The monoisotopic (exact) mass is 580 g/mol. The summed E-state index contributed by atoms with van der Waals surface area (Å²) < 4.78 is 34.4. The van der Waals surface area contributed by atoms with Crippen LogP contribution in [0.5, 0.6) is 0 Å². The predicted octanol–water partition coefficient (Wildman–Crippen LogP) is 3.34. The number of thiophene rings is 1. The van der Waals surface area contributed by atoms with E-state index in [9.17, 15) is 13.7 Å². The zero-order valence-electron chi connectivity index (χ0n) is 22.4. The quantitative estimate of drug-likeness (QED) is 0.416. The molecule has 0 saturated carbocycles. The van der Waals surface area contributed by atoms with Crippen LogP contribution < -0.4 is 0 Å². The molecule has 0 spiro atoms. The Balaban J connectivity index is 1.30. The van der Waals surface area contributed by atoms with Gasteiger partial charge in [-0.05, 0) is 43.7 Å². The molecule has 40 heavy (non-hydrogen) atoms. The zero-order valence-corrected chi connectivity index (χ0v) is 24.1. The molecule has 210 valence electrons. The summed E-state index contributed by atoms with van der Waals surface area (Å²) >= 11 is 1.56. The van der Waals surface area contributed by atoms with Gasteiger partial charge >= 0.3 is 0 Å². The molecule has 13 heteroatoms. The Hall–Kier alpha value is -3.02. The minimum atomic E-state index is -3.33. The summed E-state index contributed by atoms with van der Waals surface area (Å²) in [7, 11) is -3.33. The van der Waals surface area contributed by atoms with Crippen LogP contribution in [0, 0.1) is 11.3 Å². The molecule has 2 saturated heterocycles. The highest BCUT2D eigenvalue weighted by Crippen LogP contribution is 2.37. The van der Waals surface area contributed by atoms with Gasteiger partial charge in [-0.25, -0.2) is 23.4 Å². The van der Waals surface area contributed by atoms with Gasteiger partial charge in [0.05, 0.1) is 46.1 Å². The van der Waals surface area contributed by atoms with E-state index in [2.05, 4.69) is 28.2 Å². The van der Waals surface area contributed by atoms with Gasteiger partial charge in [0.2, 0.25) is 10.0 Å². The molecule has 0 aliphatic carbocycles. The van der Waals surface area contributed by atoms with Crippen molar-refractivity contribution in [1.29, 1.82) is 5.26 Å². The molecule has 0 aromatic carbocycles. The van der Waals surface area contributed by atoms with Gasteiger partial charge in [0.25, 0.3) is 5.95 Å². The third-order valence-corrected chi connectivity index (χ3v) is 10.6. The smallest absolute Gasteiger partial charge is 0.250 e. The highest BCUT2D eigenvalue weighted by molar-refractivity contribution is 7.89. The first kappa shape index (κ1) is 27.2. The van der Waals surface area contributed by atoms with Gasteiger partial charge in [0.1, 0.15) is 5.54 Å². The van der Waals surface area contributed by atoms with Crippen LogP contribution in [0.15, 0.2) is 41.0 Å². The maximum atomic E-state index is 12.4. The Morgan fingerprint density at radius 3 is 2.88 bits per heavy atom. The molecule has 3 aromatic heterocycles. The van der Waals surface area contributed by atoms with Gasteiger partial charge < -0.3 is 4.74 Å². The molecule has 0 amide bonds. The van der Waals surface area contributed by atoms with E-state index in [0.29, 0.717) is 12.0 Å². The van der Waals surface area contributed by atoms with Crippen molar-refractivity contribution in [2.45, 2.75) is 44.2 Å². The summed E-state index contributed by atoms with van der Waals surface area (Å²) in [6, 6.07) is 4.68. The molecule has 0 radical (unpaired) electrons. The van der Waals surface area contributed by atoms with E-state index >= 15 is 0 Å². The van der Waals surface area contributed by atoms with Crippen LogP contribution in [-0.4, -0.2) is 94.3 Å². The van der Waals surface area contributed by atoms with Crippen LogP contribution in [0.25, 0.3) is 21.5 Å². The number of fused-ring (bicyclic) bond motifs is 1. The summed E-state index contributed by atoms with van der Waals surface area (Å²) in [5.41, 5.74) is 2.56. The van der Waals surface area contributed by atoms with E-state index in [1.54, 1.807) is 29.1 Å². The lowest BCUT2D eigenvalue weighted by molar-refractivity contribution is 0.0403. The minimum absolute atomic E-state index is 0.0323. The van der Waals surface area contributed by atoms with Gasteiger partial charge in [-0.15, -0.1) is 11.3 Å². The molecule has 0 bridgehead atoms. The maximum Gasteiger partial charge on any atom is 0.250 e. The fourth-order valence-electron chi connectivity index (χ4n) is 5.64. The molecule has 0 unspecified atom stereocenters. The van der Waals surface area contributed by atoms with Crippen molar-refractivity contribution in [3.63, 3.8) is 0 Å². The number of hydrogen-bond acceptors (Lipinski definition) is 10. The Morgan fingerprint density at radius 1 is 1.27 bits per heavy atom. The fourth-order valence-corrected chi connectivity index (χ4v) is 7.72. The van der Waals surface area contributed by atoms with Crippen LogP contribution in [0.4, 0.5) is 5.95 Å². The number of nitriles is 1. The molecule has 2 fully saturated rings. The Morgan fingerprint density at radius 2 is 2.10 bits per heavy atom. The SMILES string of the molecule is CCS(=O)(=O)N1CC(CC#N)(n2cc(-c3nc(N=C4C=CCCN(C5CCOCC5)C4)nc4ccsc34)cn2)C1. The molecule has 6 heterocycles. The van der Waals surface area contributed by atoms with E-state index in [4.69, 9.17) is 19.7 Å². The van der Waals surface area contributed by atoms with Crippen molar-refractivity contribution < 1.29 is 13.2 Å². The molecular formula is C27H32N8O3S2. The molecule has 0 atom stereocenters. The van der Waals surface area contributed by atoms with E-state index in [1.807, 2.05) is 17.6 Å². The van der Waals surface area contributed by atoms with Gasteiger partial charge in [0, 0.05) is 57.2 Å². The molecule has 3 aromatic rings. The number of aliphatic imine (C=N–C) groups is 1. The van der Waals surface area contributed by atoms with E-state index in [0.717, 1.165) is 72.8 Å². The normalized spacial score (nSPS) is 21.9. The second kappa shape index (κ2) is 11.1. The lowest BCUT2D eigenvalue weighted by Crippen LogP contribution is -2.64. The number of aromatic nitrogens is 4. The highest BCUT2D eigenvalue weighted by atomic mass is 32.2. The molecule has 0 N–H and O–H groups in total. The van der Waals surface area contributed by atoms with Crippen molar-refractivity contribution in [2.24, 2.45) is 4.99 Å². The Labute approximate surface area is 237 Å². The second-order valence-corrected chi connectivity index (χ2v) is 13.7.